The molecule has 0 unspecified atom stereocenters. The minimum Gasteiger partial charge on any atom is -0.385 e. The maximum Gasteiger partial charge on any atom is 0.456 e. The molecular formula is C33H39F5O4. The van der Waals surface area contributed by atoms with Crippen molar-refractivity contribution in [3.05, 3.63) is 46.5 Å². The summed E-state index contributed by atoms with van der Waals surface area (Å²) in [6.45, 7) is 6.51. The Labute approximate surface area is 243 Å². The third-order valence-corrected chi connectivity index (χ3v) is 11.4. The lowest BCUT2D eigenvalue weighted by Crippen LogP contribution is -2.65. The van der Waals surface area contributed by atoms with Gasteiger partial charge in [-0.1, -0.05) is 44.4 Å². The molecule has 6 atom stereocenters. The number of allylic oxidation sites excluding steroid dienone is 1. The second-order valence-electron chi connectivity index (χ2n) is 14.5. The molecule has 1 spiro atoms. The molecule has 1 heterocycles. The van der Waals surface area contributed by atoms with Gasteiger partial charge in [0.15, 0.2) is 5.79 Å². The van der Waals surface area contributed by atoms with Gasteiger partial charge in [0.25, 0.3) is 0 Å². The molecule has 4 fully saturated rings. The average molecular weight is 595 g/mol. The average Bonchev–Trinajstić information content (AvgIpc) is 3.20. The van der Waals surface area contributed by atoms with Crippen LogP contribution in [0.4, 0.5) is 22.0 Å². The van der Waals surface area contributed by atoms with Crippen LogP contribution in [0.15, 0.2) is 35.4 Å². The summed E-state index contributed by atoms with van der Waals surface area (Å²) in [5, 5.41) is 23.6. The zero-order valence-corrected chi connectivity index (χ0v) is 24.3. The Bertz CT molecular complexity index is 1320. The number of hydrogen-bond acceptors (Lipinski definition) is 4. The Kier molecular flexibility index (Phi) is 6.63. The van der Waals surface area contributed by atoms with Gasteiger partial charge >= 0.3 is 12.1 Å². The van der Waals surface area contributed by atoms with Crippen LogP contribution in [-0.4, -0.2) is 52.5 Å². The molecule has 0 radical (unpaired) electrons. The second kappa shape index (κ2) is 9.26. The van der Waals surface area contributed by atoms with Crippen molar-refractivity contribution >= 4 is 0 Å². The first kappa shape index (κ1) is 30.1. The quantitative estimate of drug-likeness (QED) is 0.223. The van der Waals surface area contributed by atoms with E-state index in [-0.39, 0.29) is 30.6 Å². The van der Waals surface area contributed by atoms with Gasteiger partial charge in [0.05, 0.1) is 18.8 Å². The van der Waals surface area contributed by atoms with Crippen molar-refractivity contribution in [3.8, 4) is 12.3 Å². The number of aliphatic hydroxyl groups is 2. The SMILES string of the molecule is C#Cc1ccc([C@H]2C[C@@]3(C)[C@@H](CC[C@@]3(O)C(F)(F)C(F)(F)F)[C@@H]3CC[C@@]4(O)CC5(CCC4=C32)OCC(C)(C)CO5)cc1. The Hall–Kier alpha value is -1.99. The number of alkyl halides is 5. The van der Waals surface area contributed by atoms with Crippen LogP contribution in [0.5, 0.6) is 0 Å². The smallest absolute Gasteiger partial charge is 0.385 e. The van der Waals surface area contributed by atoms with E-state index in [1.54, 1.807) is 24.3 Å². The molecule has 2 N–H and O–H groups in total. The molecule has 6 rings (SSSR count). The Balaban J connectivity index is 1.46. The predicted octanol–water partition coefficient (Wildman–Crippen LogP) is 6.89. The van der Waals surface area contributed by atoms with Crippen LogP contribution in [0.3, 0.4) is 0 Å². The van der Waals surface area contributed by atoms with Gasteiger partial charge in [0.1, 0.15) is 5.60 Å². The lowest BCUT2D eigenvalue weighted by atomic mass is 9.49. The molecule has 5 aliphatic rings. The van der Waals surface area contributed by atoms with Crippen molar-refractivity contribution < 1.29 is 41.6 Å². The predicted molar refractivity (Wildman–Crippen MR) is 145 cm³/mol. The Morgan fingerprint density at radius 3 is 2.17 bits per heavy atom. The van der Waals surface area contributed by atoms with Gasteiger partial charge in [-0.25, -0.2) is 0 Å². The minimum absolute atomic E-state index is 0.0482. The van der Waals surface area contributed by atoms with Crippen molar-refractivity contribution in [1.29, 1.82) is 0 Å². The fraction of sp³-hybridized carbons (Fsp3) is 0.697. The number of ether oxygens (including phenoxy) is 2. The lowest BCUT2D eigenvalue weighted by molar-refractivity contribution is -0.362. The highest BCUT2D eigenvalue weighted by molar-refractivity contribution is 5.46. The molecule has 0 bridgehead atoms. The molecule has 0 amide bonds. The van der Waals surface area contributed by atoms with Crippen LogP contribution in [0, 0.1) is 35.0 Å². The largest absolute Gasteiger partial charge is 0.456 e. The van der Waals surface area contributed by atoms with Crippen molar-refractivity contribution in [2.45, 2.75) is 107 Å². The van der Waals surface area contributed by atoms with Crippen LogP contribution < -0.4 is 0 Å². The van der Waals surface area contributed by atoms with E-state index in [0.717, 1.165) is 16.7 Å². The molecule has 1 aromatic carbocycles. The van der Waals surface area contributed by atoms with E-state index in [1.807, 2.05) is 0 Å². The molecule has 0 aromatic heterocycles. The van der Waals surface area contributed by atoms with Gasteiger partial charge in [-0.2, -0.15) is 22.0 Å². The van der Waals surface area contributed by atoms with Crippen molar-refractivity contribution in [2.24, 2.45) is 22.7 Å². The summed E-state index contributed by atoms with van der Waals surface area (Å²) in [5.41, 5.74) is -3.28. The van der Waals surface area contributed by atoms with E-state index in [0.29, 0.717) is 44.5 Å². The minimum atomic E-state index is -5.89. The highest BCUT2D eigenvalue weighted by Crippen LogP contribution is 2.71. The molecule has 1 aromatic rings. The maximum atomic E-state index is 15.2. The second-order valence-corrected chi connectivity index (χ2v) is 14.5. The Morgan fingerprint density at radius 2 is 1.57 bits per heavy atom. The maximum absolute atomic E-state index is 15.2. The highest BCUT2D eigenvalue weighted by Gasteiger charge is 2.79. The first-order chi connectivity index (χ1) is 19.4. The zero-order valence-electron chi connectivity index (χ0n) is 24.3. The fourth-order valence-electron chi connectivity index (χ4n) is 9.12. The number of benzene rings is 1. The van der Waals surface area contributed by atoms with Crippen LogP contribution in [0.25, 0.3) is 0 Å². The van der Waals surface area contributed by atoms with Crippen LogP contribution in [0.1, 0.15) is 89.2 Å². The summed E-state index contributed by atoms with van der Waals surface area (Å²) in [6.07, 6.45) is 0.902. The summed E-state index contributed by atoms with van der Waals surface area (Å²) >= 11 is 0. The molecule has 42 heavy (non-hydrogen) atoms. The van der Waals surface area contributed by atoms with E-state index in [1.165, 1.54) is 6.92 Å². The number of terminal acetylenes is 1. The number of hydrogen-bond donors (Lipinski definition) is 2. The van der Waals surface area contributed by atoms with E-state index >= 15 is 8.78 Å². The molecule has 230 valence electrons. The van der Waals surface area contributed by atoms with Gasteiger partial charge in [-0.05, 0) is 73.6 Å². The summed E-state index contributed by atoms with van der Waals surface area (Å²) in [6, 6.07) is 7.03. The van der Waals surface area contributed by atoms with Crippen LogP contribution in [-0.2, 0) is 9.47 Å². The number of fused-ring (bicyclic) bond motifs is 4. The van der Waals surface area contributed by atoms with Gasteiger partial charge in [-0.15, -0.1) is 6.42 Å². The molecule has 4 nitrogen and oxygen atoms in total. The lowest BCUT2D eigenvalue weighted by Gasteiger charge is -2.59. The standard InChI is InChI=1S/C33H39F5O4/c1-5-20-6-8-21(9-7-20)23-16-28(4)24(12-15-31(28,40)32(34,35)33(36,37)38)22-10-13-29(39)17-30(14-11-25(29)26(22)23)41-18-27(2,3)19-42-30/h1,6-9,22-24,39-40H,10-19H2,2-4H3/t22-,23+,24-,28-,29+,31-/m0/s1. The fourth-order valence-corrected chi connectivity index (χ4v) is 9.12. The van der Waals surface area contributed by atoms with Crippen molar-refractivity contribution in [2.75, 3.05) is 13.2 Å². The van der Waals surface area contributed by atoms with Crippen LogP contribution in [0.2, 0.25) is 0 Å². The summed E-state index contributed by atoms with van der Waals surface area (Å²) in [4.78, 5) is 0. The summed E-state index contributed by atoms with van der Waals surface area (Å²) in [7, 11) is 0. The van der Waals surface area contributed by atoms with Crippen molar-refractivity contribution in [3.63, 3.8) is 0 Å². The third kappa shape index (κ3) is 4.15. The Morgan fingerprint density at radius 1 is 0.929 bits per heavy atom. The summed E-state index contributed by atoms with van der Waals surface area (Å²) in [5.74, 6) is -5.16. The summed E-state index contributed by atoms with van der Waals surface area (Å²) < 4.78 is 84.3. The molecule has 1 aliphatic heterocycles. The van der Waals surface area contributed by atoms with Gasteiger partial charge in [0, 0.05) is 35.2 Å². The molecule has 4 aliphatic carbocycles. The van der Waals surface area contributed by atoms with Gasteiger partial charge < -0.3 is 19.7 Å². The zero-order chi connectivity index (χ0) is 30.6. The third-order valence-electron chi connectivity index (χ3n) is 11.4. The topological polar surface area (TPSA) is 58.9 Å². The molecular weight excluding hydrogens is 555 g/mol. The van der Waals surface area contributed by atoms with Crippen LogP contribution >= 0.6 is 0 Å². The van der Waals surface area contributed by atoms with E-state index in [4.69, 9.17) is 15.9 Å². The van der Waals surface area contributed by atoms with E-state index < -0.39 is 52.8 Å². The molecule has 3 saturated carbocycles. The normalized spacial score (nSPS) is 39.3. The molecule has 9 heteroatoms. The number of halogens is 5. The number of rotatable bonds is 2. The van der Waals surface area contributed by atoms with E-state index in [2.05, 4.69) is 19.8 Å². The van der Waals surface area contributed by atoms with Gasteiger partial charge in [-0.3, -0.25) is 0 Å². The first-order valence-electron chi connectivity index (χ1n) is 14.9. The van der Waals surface area contributed by atoms with E-state index in [9.17, 15) is 23.4 Å². The molecule has 1 saturated heterocycles. The first-order valence-corrected chi connectivity index (χ1v) is 14.9. The monoisotopic (exact) mass is 594 g/mol. The highest BCUT2D eigenvalue weighted by atomic mass is 19.4. The van der Waals surface area contributed by atoms with Crippen molar-refractivity contribution in [1.82, 2.24) is 0 Å². The van der Waals surface area contributed by atoms with Gasteiger partial charge in [0.2, 0.25) is 0 Å².